The van der Waals surface area contributed by atoms with Crippen LogP contribution >= 0.6 is 11.3 Å². The number of carbonyl (C=O) groups excluding carboxylic acids is 3. The van der Waals surface area contributed by atoms with Crippen LogP contribution < -0.4 is 15.4 Å². The summed E-state index contributed by atoms with van der Waals surface area (Å²) in [6, 6.07) is 6.87. The smallest absolute Gasteiger partial charge is 0.286 e. The van der Waals surface area contributed by atoms with Crippen LogP contribution in [0.4, 0.5) is 5.69 Å². The van der Waals surface area contributed by atoms with Gasteiger partial charge in [-0.2, -0.15) is 0 Å². The summed E-state index contributed by atoms with van der Waals surface area (Å²) in [5, 5.41) is 13.6. The minimum absolute atomic E-state index is 0.0598. The molecular weight excluding hydrogens is 434 g/mol. The first-order valence-corrected chi connectivity index (χ1v) is 11.2. The van der Waals surface area contributed by atoms with Crippen LogP contribution in [0.3, 0.4) is 0 Å². The summed E-state index contributed by atoms with van der Waals surface area (Å²) in [6.45, 7) is 1.99. The molecule has 10 nitrogen and oxygen atoms in total. The fourth-order valence-corrected chi connectivity index (χ4v) is 4.05. The summed E-state index contributed by atoms with van der Waals surface area (Å²) in [5.41, 5.74) is 0.578. The van der Waals surface area contributed by atoms with E-state index >= 15 is 0 Å². The topological polar surface area (TPSA) is 123 Å². The van der Waals surface area contributed by atoms with Gasteiger partial charge in [-0.25, -0.2) is 0 Å². The number of likely N-dealkylation sites (tertiary alicyclic amines) is 1. The second kappa shape index (κ2) is 11.5. The first-order valence-electron chi connectivity index (χ1n) is 10.4. The molecule has 1 atom stereocenters. The lowest BCUT2D eigenvalue weighted by Gasteiger charge is -2.31. The lowest BCUT2D eigenvalue weighted by molar-refractivity contribution is -0.126. The number of ether oxygens (including phenoxy) is 2. The van der Waals surface area contributed by atoms with Crippen LogP contribution in [0, 0.1) is 5.92 Å². The maximum Gasteiger partial charge on any atom is 0.286 e. The fraction of sp³-hybridized carbons (Fsp3) is 0.476. The van der Waals surface area contributed by atoms with Crippen molar-refractivity contribution in [2.75, 3.05) is 45.8 Å². The molecule has 0 bridgehead atoms. The van der Waals surface area contributed by atoms with E-state index in [9.17, 15) is 14.4 Å². The molecule has 32 heavy (non-hydrogen) atoms. The zero-order valence-electron chi connectivity index (χ0n) is 18.1. The Morgan fingerprint density at radius 2 is 1.91 bits per heavy atom. The van der Waals surface area contributed by atoms with Crippen LogP contribution in [0.15, 0.2) is 24.3 Å². The number of nitrogens with zero attached hydrogens (tertiary/aromatic N) is 3. The number of hydrogen-bond donors (Lipinski definition) is 2. The van der Waals surface area contributed by atoms with Gasteiger partial charge in [0.1, 0.15) is 5.75 Å². The Balaban J connectivity index is 1.55. The normalized spacial score (nSPS) is 15.8. The van der Waals surface area contributed by atoms with Crippen LogP contribution in [-0.2, 0) is 9.53 Å². The summed E-state index contributed by atoms with van der Waals surface area (Å²) in [6.07, 6.45) is 2.20. The van der Waals surface area contributed by atoms with Crippen molar-refractivity contribution < 1.29 is 23.9 Å². The van der Waals surface area contributed by atoms with Gasteiger partial charge in [-0.15, -0.1) is 10.2 Å². The van der Waals surface area contributed by atoms with Crippen molar-refractivity contribution in [3.63, 3.8) is 0 Å². The van der Waals surface area contributed by atoms with E-state index in [-0.39, 0.29) is 27.7 Å². The maximum atomic E-state index is 12.9. The van der Waals surface area contributed by atoms with E-state index in [0.29, 0.717) is 37.7 Å². The molecule has 1 fully saturated rings. The van der Waals surface area contributed by atoms with E-state index in [2.05, 4.69) is 20.8 Å². The quantitative estimate of drug-likeness (QED) is 0.546. The summed E-state index contributed by atoms with van der Waals surface area (Å²) >= 11 is 0.934. The van der Waals surface area contributed by atoms with Crippen LogP contribution in [-0.4, -0.2) is 73.3 Å². The van der Waals surface area contributed by atoms with E-state index in [0.717, 1.165) is 30.6 Å². The molecule has 1 aliphatic rings. The Morgan fingerprint density at radius 3 is 2.62 bits per heavy atom. The molecule has 0 saturated carbocycles. The average Bonchev–Trinajstić information content (AvgIpc) is 3.32. The SMILES string of the molecule is COCCCNC(=O)[C@@H]1CCCN(C(=O)c2nnc(C(=O)Nc3ccc(OC)cc3)s2)C1. The van der Waals surface area contributed by atoms with E-state index < -0.39 is 5.91 Å². The Bertz CT molecular complexity index is 933. The first kappa shape index (κ1) is 23.6. The first-order chi connectivity index (χ1) is 15.5. The average molecular weight is 462 g/mol. The van der Waals surface area contributed by atoms with E-state index in [1.807, 2.05) is 0 Å². The molecule has 3 amide bonds. The number of amides is 3. The van der Waals surface area contributed by atoms with E-state index in [1.165, 1.54) is 0 Å². The van der Waals surface area contributed by atoms with Gasteiger partial charge in [0.05, 0.1) is 13.0 Å². The molecule has 1 aliphatic heterocycles. The number of benzene rings is 1. The fourth-order valence-electron chi connectivity index (χ4n) is 3.34. The van der Waals surface area contributed by atoms with Gasteiger partial charge < -0.3 is 25.0 Å². The maximum absolute atomic E-state index is 12.9. The van der Waals surface area contributed by atoms with Gasteiger partial charge in [-0.05, 0) is 43.5 Å². The van der Waals surface area contributed by atoms with Crippen molar-refractivity contribution in [1.82, 2.24) is 20.4 Å². The van der Waals surface area contributed by atoms with Crippen molar-refractivity contribution >= 4 is 34.7 Å². The number of anilines is 1. The Morgan fingerprint density at radius 1 is 1.16 bits per heavy atom. The summed E-state index contributed by atoms with van der Waals surface area (Å²) in [4.78, 5) is 39.3. The zero-order chi connectivity index (χ0) is 22.9. The van der Waals surface area contributed by atoms with Gasteiger partial charge in [-0.1, -0.05) is 11.3 Å². The minimum atomic E-state index is -0.446. The van der Waals surface area contributed by atoms with E-state index in [1.54, 1.807) is 43.4 Å². The number of carbonyl (C=O) groups is 3. The molecule has 0 aliphatic carbocycles. The molecule has 3 rings (SSSR count). The minimum Gasteiger partial charge on any atom is -0.497 e. The summed E-state index contributed by atoms with van der Waals surface area (Å²) in [5.74, 6) is -0.409. The Labute approximate surface area is 190 Å². The number of piperidine rings is 1. The second-order valence-corrected chi connectivity index (χ2v) is 8.30. The highest BCUT2D eigenvalue weighted by molar-refractivity contribution is 7.15. The van der Waals surface area contributed by atoms with Crippen LogP contribution in [0.25, 0.3) is 0 Å². The highest BCUT2D eigenvalue weighted by Crippen LogP contribution is 2.21. The molecule has 1 saturated heterocycles. The van der Waals surface area contributed by atoms with Crippen molar-refractivity contribution in [3.8, 4) is 5.75 Å². The summed E-state index contributed by atoms with van der Waals surface area (Å²) in [7, 11) is 3.18. The standard InChI is InChI=1S/C21H27N5O5S/c1-30-12-4-10-22-17(27)14-5-3-11-26(13-14)21(29)20-25-24-19(32-20)18(28)23-15-6-8-16(31-2)9-7-15/h6-9,14H,3-5,10-13H2,1-2H3,(H,22,27)(H,23,28)/t14-/m1/s1. The highest BCUT2D eigenvalue weighted by Gasteiger charge is 2.30. The molecule has 1 aromatic heterocycles. The van der Waals surface area contributed by atoms with Gasteiger partial charge in [0.25, 0.3) is 11.8 Å². The molecule has 1 aromatic carbocycles. The number of rotatable bonds is 9. The Kier molecular flexibility index (Phi) is 8.51. The molecule has 0 unspecified atom stereocenters. The lowest BCUT2D eigenvalue weighted by atomic mass is 9.97. The molecule has 2 heterocycles. The largest absolute Gasteiger partial charge is 0.497 e. The third-order valence-electron chi connectivity index (χ3n) is 5.05. The molecule has 0 radical (unpaired) electrons. The van der Waals surface area contributed by atoms with Crippen molar-refractivity contribution in [2.24, 2.45) is 5.92 Å². The third-order valence-corrected chi connectivity index (χ3v) is 5.96. The number of aromatic nitrogens is 2. The molecular formula is C21H27N5O5S. The predicted octanol–water partition coefficient (Wildman–Crippen LogP) is 1.80. The predicted molar refractivity (Wildman–Crippen MR) is 119 cm³/mol. The van der Waals surface area contributed by atoms with Gasteiger partial charge in [0.2, 0.25) is 15.9 Å². The Hall–Kier alpha value is -3.05. The lowest BCUT2D eigenvalue weighted by Crippen LogP contribution is -2.45. The zero-order valence-corrected chi connectivity index (χ0v) is 18.9. The molecule has 2 N–H and O–H groups in total. The number of nitrogens with one attached hydrogen (secondary N) is 2. The summed E-state index contributed by atoms with van der Waals surface area (Å²) < 4.78 is 10.1. The number of hydrogen-bond acceptors (Lipinski definition) is 8. The van der Waals surface area contributed by atoms with E-state index in [4.69, 9.17) is 9.47 Å². The molecule has 0 spiro atoms. The van der Waals surface area contributed by atoms with Crippen LogP contribution in [0.5, 0.6) is 5.75 Å². The third kappa shape index (κ3) is 6.24. The molecule has 11 heteroatoms. The van der Waals surface area contributed by atoms with Crippen LogP contribution in [0.1, 0.15) is 38.9 Å². The van der Waals surface area contributed by atoms with Gasteiger partial charge >= 0.3 is 0 Å². The van der Waals surface area contributed by atoms with Crippen molar-refractivity contribution in [3.05, 3.63) is 34.3 Å². The van der Waals surface area contributed by atoms with Gasteiger partial charge in [0.15, 0.2) is 0 Å². The van der Waals surface area contributed by atoms with Gasteiger partial charge in [-0.3, -0.25) is 14.4 Å². The molecule has 172 valence electrons. The highest BCUT2D eigenvalue weighted by atomic mass is 32.1. The van der Waals surface area contributed by atoms with Crippen molar-refractivity contribution in [2.45, 2.75) is 19.3 Å². The monoisotopic (exact) mass is 461 g/mol. The second-order valence-electron chi connectivity index (χ2n) is 7.32. The number of methoxy groups -OCH3 is 2. The van der Waals surface area contributed by atoms with Crippen LogP contribution in [0.2, 0.25) is 0 Å². The molecule has 2 aromatic rings. The van der Waals surface area contributed by atoms with Crippen molar-refractivity contribution in [1.29, 1.82) is 0 Å². The van der Waals surface area contributed by atoms with Gasteiger partial charge in [0, 0.05) is 39.0 Å².